The number of rotatable bonds is 6. The van der Waals surface area contributed by atoms with Crippen LogP contribution in [0.2, 0.25) is 0 Å². The lowest BCUT2D eigenvalue weighted by atomic mass is 10.2. The molecule has 0 heterocycles. The zero-order chi connectivity index (χ0) is 17.0. The maximum absolute atomic E-state index is 12.3. The Morgan fingerprint density at radius 3 is 2.09 bits per heavy atom. The number of nitrogen functional groups attached to an aromatic ring is 1. The molecular formula is C17H23N3O2S. The van der Waals surface area contributed by atoms with Crippen LogP contribution in [-0.4, -0.2) is 21.0 Å². The third-order valence-electron chi connectivity index (χ3n) is 3.61. The molecule has 0 aliphatic rings. The molecular weight excluding hydrogens is 310 g/mol. The Labute approximate surface area is 138 Å². The summed E-state index contributed by atoms with van der Waals surface area (Å²) in [6.07, 6.45) is 0. The van der Waals surface area contributed by atoms with Crippen LogP contribution in [0.5, 0.6) is 0 Å². The minimum atomic E-state index is -3.60. The van der Waals surface area contributed by atoms with Crippen molar-refractivity contribution in [2.75, 3.05) is 21.9 Å². The fraction of sp³-hybridized carbons (Fsp3) is 0.294. The van der Waals surface area contributed by atoms with Gasteiger partial charge in [0, 0.05) is 29.6 Å². The van der Waals surface area contributed by atoms with E-state index in [1.807, 2.05) is 12.1 Å². The summed E-state index contributed by atoms with van der Waals surface area (Å²) in [6, 6.07) is 13.9. The number of nitrogens with one attached hydrogen (secondary N) is 1. The van der Waals surface area contributed by atoms with E-state index in [9.17, 15) is 8.42 Å². The predicted octanol–water partition coefficient (Wildman–Crippen LogP) is 3.30. The maximum Gasteiger partial charge on any atom is 0.261 e. The van der Waals surface area contributed by atoms with Crippen LogP contribution in [0.1, 0.15) is 20.8 Å². The highest BCUT2D eigenvalue weighted by molar-refractivity contribution is 7.92. The molecule has 0 fully saturated rings. The van der Waals surface area contributed by atoms with Crippen LogP contribution in [0.25, 0.3) is 0 Å². The monoisotopic (exact) mass is 333 g/mol. The number of benzene rings is 2. The highest BCUT2D eigenvalue weighted by Crippen LogP contribution is 2.22. The smallest absolute Gasteiger partial charge is 0.261 e. The van der Waals surface area contributed by atoms with Crippen LogP contribution in [0.3, 0.4) is 0 Å². The molecule has 0 unspecified atom stereocenters. The van der Waals surface area contributed by atoms with Gasteiger partial charge in [-0.15, -0.1) is 0 Å². The van der Waals surface area contributed by atoms with E-state index in [0.29, 0.717) is 17.4 Å². The fourth-order valence-electron chi connectivity index (χ4n) is 2.43. The molecule has 6 heteroatoms. The van der Waals surface area contributed by atoms with Crippen LogP contribution >= 0.6 is 0 Å². The molecule has 3 N–H and O–H groups in total. The van der Waals surface area contributed by atoms with Gasteiger partial charge in [0.05, 0.1) is 4.90 Å². The number of anilines is 3. The minimum absolute atomic E-state index is 0.188. The zero-order valence-corrected chi connectivity index (χ0v) is 14.5. The first-order chi connectivity index (χ1) is 10.8. The molecule has 0 aliphatic carbocycles. The van der Waals surface area contributed by atoms with Gasteiger partial charge >= 0.3 is 0 Å². The van der Waals surface area contributed by atoms with Gasteiger partial charge in [-0.1, -0.05) is 0 Å². The Hall–Kier alpha value is -2.21. The van der Waals surface area contributed by atoms with Crippen LogP contribution in [0, 0.1) is 0 Å². The van der Waals surface area contributed by atoms with Crippen molar-refractivity contribution >= 4 is 27.1 Å². The van der Waals surface area contributed by atoms with E-state index in [1.54, 1.807) is 24.3 Å². The first-order valence-electron chi connectivity index (χ1n) is 7.58. The van der Waals surface area contributed by atoms with E-state index in [4.69, 9.17) is 5.73 Å². The van der Waals surface area contributed by atoms with Crippen molar-refractivity contribution in [1.82, 2.24) is 0 Å². The maximum atomic E-state index is 12.3. The number of hydrogen-bond acceptors (Lipinski definition) is 4. The van der Waals surface area contributed by atoms with Crippen molar-refractivity contribution in [2.24, 2.45) is 0 Å². The molecule has 0 amide bonds. The average Bonchev–Trinajstić information content (AvgIpc) is 2.49. The van der Waals surface area contributed by atoms with Gasteiger partial charge in [0.25, 0.3) is 10.0 Å². The SMILES string of the molecule is CCN(c1ccc(NS(=O)(=O)c2ccc(N)cc2)cc1)C(C)C. The van der Waals surface area contributed by atoms with E-state index < -0.39 is 10.0 Å². The van der Waals surface area contributed by atoms with Crippen molar-refractivity contribution in [3.8, 4) is 0 Å². The molecule has 0 radical (unpaired) electrons. The number of hydrogen-bond donors (Lipinski definition) is 2. The molecule has 5 nitrogen and oxygen atoms in total. The summed E-state index contributed by atoms with van der Waals surface area (Å²) < 4.78 is 27.2. The van der Waals surface area contributed by atoms with Crippen molar-refractivity contribution < 1.29 is 8.42 Å². The summed E-state index contributed by atoms with van der Waals surface area (Å²) in [5, 5.41) is 0. The summed E-state index contributed by atoms with van der Waals surface area (Å²) in [5.41, 5.74) is 7.71. The Bertz CT molecular complexity index is 738. The fourth-order valence-corrected chi connectivity index (χ4v) is 3.49. The lowest BCUT2D eigenvalue weighted by molar-refractivity contribution is 0.601. The molecule has 23 heavy (non-hydrogen) atoms. The highest BCUT2D eigenvalue weighted by Gasteiger charge is 2.14. The van der Waals surface area contributed by atoms with Gasteiger partial charge in [-0.2, -0.15) is 0 Å². The molecule has 2 rings (SSSR count). The van der Waals surface area contributed by atoms with Gasteiger partial charge in [0.1, 0.15) is 0 Å². The molecule has 0 aliphatic heterocycles. The summed E-state index contributed by atoms with van der Waals surface area (Å²) in [4.78, 5) is 2.42. The number of sulfonamides is 1. The molecule has 0 aromatic heterocycles. The predicted molar refractivity (Wildman–Crippen MR) is 96.3 cm³/mol. The summed E-state index contributed by atoms with van der Waals surface area (Å²) in [6.45, 7) is 7.24. The molecule has 2 aromatic carbocycles. The number of nitrogens with two attached hydrogens (primary N) is 1. The van der Waals surface area contributed by atoms with E-state index >= 15 is 0 Å². The molecule has 0 atom stereocenters. The van der Waals surface area contributed by atoms with Crippen molar-refractivity contribution in [3.05, 3.63) is 48.5 Å². The standard InChI is InChI=1S/C17H23N3O2S/c1-4-20(13(2)3)16-9-7-15(8-10-16)19-23(21,22)17-11-5-14(18)6-12-17/h5-13,19H,4,18H2,1-3H3. The Morgan fingerprint density at radius 1 is 1.04 bits per heavy atom. The molecule has 0 saturated carbocycles. The van der Waals surface area contributed by atoms with Gasteiger partial charge in [-0.25, -0.2) is 8.42 Å². The van der Waals surface area contributed by atoms with E-state index in [0.717, 1.165) is 12.2 Å². The first-order valence-corrected chi connectivity index (χ1v) is 9.07. The normalized spacial score (nSPS) is 11.5. The third-order valence-corrected chi connectivity index (χ3v) is 5.00. The lowest BCUT2D eigenvalue weighted by Crippen LogP contribution is -2.30. The topological polar surface area (TPSA) is 75.4 Å². The summed E-state index contributed by atoms with van der Waals surface area (Å²) in [5.74, 6) is 0. The van der Waals surface area contributed by atoms with Crippen LogP contribution in [0.4, 0.5) is 17.1 Å². The third kappa shape index (κ3) is 4.16. The van der Waals surface area contributed by atoms with Crippen LogP contribution in [0.15, 0.2) is 53.4 Å². The second-order valence-corrected chi connectivity index (χ2v) is 7.28. The van der Waals surface area contributed by atoms with Crippen molar-refractivity contribution in [1.29, 1.82) is 0 Å². The van der Waals surface area contributed by atoms with E-state index in [-0.39, 0.29) is 4.90 Å². The zero-order valence-electron chi connectivity index (χ0n) is 13.7. The number of nitrogens with zero attached hydrogens (tertiary/aromatic N) is 1. The van der Waals surface area contributed by atoms with Crippen LogP contribution < -0.4 is 15.4 Å². The van der Waals surface area contributed by atoms with Crippen LogP contribution in [-0.2, 0) is 10.0 Å². The minimum Gasteiger partial charge on any atom is -0.399 e. The van der Waals surface area contributed by atoms with Gasteiger partial charge in [-0.3, -0.25) is 4.72 Å². The quantitative estimate of drug-likeness (QED) is 0.795. The average molecular weight is 333 g/mol. The summed E-state index contributed by atoms with van der Waals surface area (Å²) >= 11 is 0. The molecule has 124 valence electrons. The first kappa shape index (κ1) is 17.1. The van der Waals surface area contributed by atoms with Gasteiger partial charge < -0.3 is 10.6 Å². The Kier molecular flexibility index (Phi) is 5.15. The van der Waals surface area contributed by atoms with Gasteiger partial charge in [-0.05, 0) is 69.3 Å². The Balaban J connectivity index is 2.18. The molecule has 0 spiro atoms. The molecule has 2 aromatic rings. The Morgan fingerprint density at radius 2 is 1.61 bits per heavy atom. The lowest BCUT2D eigenvalue weighted by Gasteiger charge is -2.27. The van der Waals surface area contributed by atoms with Gasteiger partial charge in [0.2, 0.25) is 0 Å². The van der Waals surface area contributed by atoms with Gasteiger partial charge in [0.15, 0.2) is 0 Å². The van der Waals surface area contributed by atoms with Crippen molar-refractivity contribution in [2.45, 2.75) is 31.7 Å². The second kappa shape index (κ2) is 6.91. The second-order valence-electron chi connectivity index (χ2n) is 5.60. The van der Waals surface area contributed by atoms with E-state index in [1.165, 1.54) is 12.1 Å². The van der Waals surface area contributed by atoms with E-state index in [2.05, 4.69) is 30.4 Å². The largest absolute Gasteiger partial charge is 0.399 e. The summed E-state index contributed by atoms with van der Waals surface area (Å²) in [7, 11) is -3.60. The van der Waals surface area contributed by atoms with Crippen molar-refractivity contribution in [3.63, 3.8) is 0 Å². The molecule has 0 bridgehead atoms. The molecule has 0 saturated heterocycles. The highest BCUT2D eigenvalue weighted by atomic mass is 32.2.